The van der Waals surface area contributed by atoms with Crippen LogP contribution in [0.3, 0.4) is 0 Å². The third-order valence-electron chi connectivity index (χ3n) is 2.49. The van der Waals surface area contributed by atoms with Gasteiger partial charge in [0.2, 0.25) is 0 Å². The Kier molecular flexibility index (Phi) is 4.66. The summed E-state index contributed by atoms with van der Waals surface area (Å²) in [4.78, 5) is 11.7. The molecule has 0 aliphatic rings. The summed E-state index contributed by atoms with van der Waals surface area (Å²) in [6, 6.07) is 0. The van der Waals surface area contributed by atoms with Crippen molar-refractivity contribution in [3.63, 3.8) is 0 Å². The van der Waals surface area contributed by atoms with Gasteiger partial charge >= 0.3 is 0 Å². The van der Waals surface area contributed by atoms with E-state index in [1.165, 1.54) is 0 Å². The minimum Gasteiger partial charge on any atom is -0.299 e. The molecule has 0 rings (SSSR count). The average molecular weight is 184 g/mol. The van der Waals surface area contributed by atoms with E-state index in [1.54, 1.807) is 0 Å². The summed E-state index contributed by atoms with van der Waals surface area (Å²) in [5.74, 6) is 1.26. The van der Waals surface area contributed by atoms with E-state index >= 15 is 0 Å². The fourth-order valence-corrected chi connectivity index (χ4v) is 1.69. The SMILES string of the molecule is CCC(=O)[C@H](CC(C)C)C(C)(C)C. The molecule has 1 atom stereocenters. The van der Waals surface area contributed by atoms with E-state index in [9.17, 15) is 4.79 Å². The largest absolute Gasteiger partial charge is 0.299 e. The van der Waals surface area contributed by atoms with Crippen molar-refractivity contribution >= 4 is 5.78 Å². The molecule has 0 unspecified atom stereocenters. The highest BCUT2D eigenvalue weighted by molar-refractivity contribution is 5.81. The summed E-state index contributed by atoms with van der Waals surface area (Å²) in [7, 11) is 0. The number of hydrogen-bond donors (Lipinski definition) is 0. The lowest BCUT2D eigenvalue weighted by Gasteiger charge is -2.30. The molecule has 0 aromatic rings. The number of carbonyl (C=O) groups is 1. The summed E-state index contributed by atoms with van der Waals surface area (Å²) in [6.45, 7) is 12.8. The van der Waals surface area contributed by atoms with Crippen LogP contribution in [0.25, 0.3) is 0 Å². The van der Waals surface area contributed by atoms with Crippen molar-refractivity contribution < 1.29 is 4.79 Å². The summed E-state index contributed by atoms with van der Waals surface area (Å²) in [5, 5.41) is 0. The lowest BCUT2D eigenvalue weighted by Crippen LogP contribution is -2.29. The van der Waals surface area contributed by atoms with Gasteiger partial charge in [-0.25, -0.2) is 0 Å². The van der Waals surface area contributed by atoms with Crippen molar-refractivity contribution in [1.29, 1.82) is 0 Å². The third kappa shape index (κ3) is 4.44. The number of hydrogen-bond acceptors (Lipinski definition) is 1. The van der Waals surface area contributed by atoms with Crippen LogP contribution in [0.5, 0.6) is 0 Å². The molecule has 0 saturated carbocycles. The Morgan fingerprint density at radius 3 is 1.92 bits per heavy atom. The smallest absolute Gasteiger partial charge is 0.136 e. The number of ketones is 1. The van der Waals surface area contributed by atoms with E-state index in [-0.39, 0.29) is 11.3 Å². The van der Waals surface area contributed by atoms with Gasteiger partial charge in [0.25, 0.3) is 0 Å². The monoisotopic (exact) mass is 184 g/mol. The van der Waals surface area contributed by atoms with Crippen molar-refractivity contribution in [2.75, 3.05) is 0 Å². The molecule has 0 spiro atoms. The van der Waals surface area contributed by atoms with Crippen molar-refractivity contribution in [3.8, 4) is 0 Å². The predicted molar refractivity (Wildman–Crippen MR) is 57.7 cm³/mol. The van der Waals surface area contributed by atoms with Crippen LogP contribution in [-0.2, 0) is 4.79 Å². The minimum atomic E-state index is 0.122. The molecule has 0 bridgehead atoms. The summed E-state index contributed by atoms with van der Waals surface area (Å²) < 4.78 is 0. The highest BCUT2D eigenvalue weighted by atomic mass is 16.1. The molecule has 0 radical (unpaired) electrons. The van der Waals surface area contributed by atoms with Crippen molar-refractivity contribution in [2.24, 2.45) is 17.3 Å². The van der Waals surface area contributed by atoms with Crippen molar-refractivity contribution in [3.05, 3.63) is 0 Å². The molecule has 78 valence electrons. The Bertz CT molecular complexity index is 162. The van der Waals surface area contributed by atoms with Gasteiger partial charge in [-0.05, 0) is 17.8 Å². The minimum absolute atomic E-state index is 0.122. The molecule has 1 nitrogen and oxygen atoms in total. The molecule has 0 aromatic heterocycles. The van der Waals surface area contributed by atoms with Gasteiger partial charge in [0.05, 0.1) is 0 Å². The van der Waals surface area contributed by atoms with Gasteiger partial charge in [-0.1, -0.05) is 41.5 Å². The van der Waals surface area contributed by atoms with E-state index in [4.69, 9.17) is 0 Å². The van der Waals surface area contributed by atoms with E-state index in [2.05, 4.69) is 34.6 Å². The first-order chi connectivity index (χ1) is 5.79. The number of rotatable bonds is 4. The summed E-state index contributed by atoms with van der Waals surface area (Å²) in [5.41, 5.74) is 0.122. The first-order valence-corrected chi connectivity index (χ1v) is 5.31. The Morgan fingerprint density at radius 2 is 1.69 bits per heavy atom. The zero-order valence-corrected chi connectivity index (χ0v) is 9.98. The van der Waals surface area contributed by atoms with Crippen LogP contribution in [0.1, 0.15) is 54.4 Å². The first-order valence-electron chi connectivity index (χ1n) is 5.31. The quantitative estimate of drug-likeness (QED) is 0.651. The van der Waals surface area contributed by atoms with Crippen LogP contribution in [0.2, 0.25) is 0 Å². The van der Waals surface area contributed by atoms with Gasteiger partial charge in [0.1, 0.15) is 5.78 Å². The maximum Gasteiger partial charge on any atom is 0.136 e. The molecule has 0 saturated heterocycles. The van der Waals surface area contributed by atoms with Gasteiger partial charge < -0.3 is 0 Å². The topological polar surface area (TPSA) is 17.1 Å². The highest BCUT2D eigenvalue weighted by Gasteiger charge is 2.30. The standard InChI is InChI=1S/C12H24O/c1-7-11(13)10(8-9(2)3)12(4,5)6/h9-10H,7-8H2,1-6H3/t10-/m0/s1. The summed E-state index contributed by atoms with van der Waals surface area (Å²) >= 11 is 0. The third-order valence-corrected chi connectivity index (χ3v) is 2.49. The first kappa shape index (κ1) is 12.7. The Balaban J connectivity index is 4.47. The average Bonchev–Trinajstić information content (AvgIpc) is 1.96. The maximum atomic E-state index is 11.7. The van der Waals surface area contributed by atoms with Crippen LogP contribution in [0.15, 0.2) is 0 Å². The van der Waals surface area contributed by atoms with E-state index < -0.39 is 0 Å². The number of Topliss-reactive ketones (excluding diaryl/α,β-unsaturated/α-hetero) is 1. The van der Waals surface area contributed by atoms with Crippen LogP contribution < -0.4 is 0 Å². The molecule has 0 N–H and O–H groups in total. The van der Waals surface area contributed by atoms with Crippen LogP contribution in [0, 0.1) is 17.3 Å². The van der Waals surface area contributed by atoms with E-state index in [1.807, 2.05) is 6.92 Å². The summed E-state index contributed by atoms with van der Waals surface area (Å²) in [6.07, 6.45) is 1.70. The van der Waals surface area contributed by atoms with Crippen LogP contribution in [0.4, 0.5) is 0 Å². The zero-order chi connectivity index (χ0) is 10.6. The normalized spacial score (nSPS) is 14.7. The molecule has 0 heterocycles. The second-order valence-corrected chi connectivity index (χ2v) is 5.37. The molecule has 0 aliphatic carbocycles. The zero-order valence-electron chi connectivity index (χ0n) is 9.98. The molecule has 0 fully saturated rings. The predicted octanol–water partition coefficient (Wildman–Crippen LogP) is 3.67. The van der Waals surface area contributed by atoms with E-state index in [0.29, 0.717) is 18.1 Å². The van der Waals surface area contributed by atoms with Crippen molar-refractivity contribution in [1.82, 2.24) is 0 Å². The van der Waals surface area contributed by atoms with Crippen molar-refractivity contribution in [2.45, 2.75) is 54.4 Å². The molecular weight excluding hydrogens is 160 g/mol. The Hall–Kier alpha value is -0.330. The fourth-order valence-electron chi connectivity index (χ4n) is 1.69. The van der Waals surface area contributed by atoms with Gasteiger partial charge in [-0.2, -0.15) is 0 Å². The second kappa shape index (κ2) is 4.78. The maximum absolute atomic E-state index is 11.7. The van der Waals surface area contributed by atoms with Gasteiger partial charge in [0.15, 0.2) is 0 Å². The van der Waals surface area contributed by atoms with Gasteiger partial charge in [0, 0.05) is 12.3 Å². The molecule has 0 amide bonds. The van der Waals surface area contributed by atoms with Gasteiger partial charge in [-0.3, -0.25) is 4.79 Å². The fraction of sp³-hybridized carbons (Fsp3) is 0.917. The molecule has 0 aromatic carbocycles. The van der Waals surface area contributed by atoms with Crippen LogP contribution >= 0.6 is 0 Å². The molecule has 1 heteroatoms. The lowest BCUT2D eigenvalue weighted by atomic mass is 9.73. The van der Waals surface area contributed by atoms with Gasteiger partial charge in [-0.15, -0.1) is 0 Å². The molecule has 13 heavy (non-hydrogen) atoms. The van der Waals surface area contributed by atoms with Crippen LogP contribution in [-0.4, -0.2) is 5.78 Å². The number of carbonyl (C=O) groups excluding carboxylic acids is 1. The van der Waals surface area contributed by atoms with E-state index in [0.717, 1.165) is 6.42 Å². The Labute approximate surface area is 82.9 Å². The lowest BCUT2D eigenvalue weighted by molar-refractivity contribution is -0.126. The highest BCUT2D eigenvalue weighted by Crippen LogP contribution is 2.32. The second-order valence-electron chi connectivity index (χ2n) is 5.37. The molecule has 0 aliphatic heterocycles. The Morgan fingerprint density at radius 1 is 1.23 bits per heavy atom. The molecular formula is C12H24O.